The van der Waals surface area contributed by atoms with Crippen molar-refractivity contribution in [3.8, 4) is 0 Å². The van der Waals surface area contributed by atoms with E-state index in [4.69, 9.17) is 11.5 Å². The maximum Gasteiger partial charge on any atom is 0.248 e. The van der Waals surface area contributed by atoms with E-state index >= 15 is 0 Å². The zero-order valence-corrected chi connectivity index (χ0v) is 10.3. The zero-order chi connectivity index (χ0) is 13.3. The lowest BCUT2D eigenvalue weighted by Gasteiger charge is -2.14. The highest BCUT2D eigenvalue weighted by Gasteiger charge is 2.21. The number of benzene rings is 1. The first-order valence-electron chi connectivity index (χ1n) is 5.24. The van der Waals surface area contributed by atoms with E-state index in [9.17, 15) is 13.2 Å². The summed E-state index contributed by atoms with van der Waals surface area (Å²) in [5, 5.41) is 4.17. The molecular weight excluding hydrogens is 254 g/mol. The maximum absolute atomic E-state index is 11.2. The van der Waals surface area contributed by atoms with Crippen molar-refractivity contribution in [3.05, 3.63) is 35.2 Å². The lowest BCUT2D eigenvalue weighted by Crippen LogP contribution is -2.21. The molecule has 1 heterocycles. The van der Waals surface area contributed by atoms with Crippen molar-refractivity contribution in [2.24, 2.45) is 5.73 Å². The summed E-state index contributed by atoms with van der Waals surface area (Å²) in [7, 11) is -3.11. The molecule has 0 spiro atoms. The molecule has 18 heavy (non-hydrogen) atoms. The Balaban J connectivity index is 2.16. The van der Waals surface area contributed by atoms with E-state index in [2.05, 4.69) is 5.32 Å². The Morgan fingerprint density at radius 2 is 2.11 bits per heavy atom. The minimum Gasteiger partial charge on any atom is -0.397 e. The summed E-state index contributed by atoms with van der Waals surface area (Å²) in [5.74, 6) is -0.555. The van der Waals surface area contributed by atoms with E-state index in [1.54, 1.807) is 12.1 Å². The van der Waals surface area contributed by atoms with Gasteiger partial charge in [-0.15, -0.1) is 0 Å². The molecule has 0 fully saturated rings. The average molecular weight is 267 g/mol. The van der Waals surface area contributed by atoms with Crippen molar-refractivity contribution in [1.29, 1.82) is 0 Å². The maximum atomic E-state index is 11.2. The summed E-state index contributed by atoms with van der Waals surface area (Å²) < 4.78 is 22.5. The highest BCUT2D eigenvalue weighted by molar-refractivity contribution is 7.94. The lowest BCUT2D eigenvalue weighted by molar-refractivity contribution is 0.100. The van der Waals surface area contributed by atoms with Crippen LogP contribution in [0.1, 0.15) is 10.4 Å². The first kappa shape index (κ1) is 12.4. The fourth-order valence-corrected chi connectivity index (χ4v) is 2.95. The number of primary amides is 1. The van der Waals surface area contributed by atoms with E-state index < -0.39 is 15.7 Å². The third-order valence-electron chi connectivity index (χ3n) is 2.61. The third-order valence-corrected chi connectivity index (χ3v) is 4.00. The molecule has 7 heteroatoms. The number of amides is 1. The standard InChI is InChI=1S/C11H13N3O3S/c12-9-5-7(11(13)15)1-2-10(9)14-8-3-4-18(16,17)6-8/h1-5,8,14H,6,12H2,(H2,13,15). The van der Waals surface area contributed by atoms with Gasteiger partial charge in [0, 0.05) is 11.0 Å². The first-order chi connectivity index (χ1) is 8.37. The first-order valence-corrected chi connectivity index (χ1v) is 6.96. The molecule has 0 aromatic heterocycles. The topological polar surface area (TPSA) is 115 Å². The number of nitrogen functional groups attached to an aromatic ring is 1. The van der Waals surface area contributed by atoms with Gasteiger partial charge >= 0.3 is 0 Å². The summed E-state index contributed by atoms with van der Waals surface area (Å²) in [4.78, 5) is 10.9. The van der Waals surface area contributed by atoms with Crippen LogP contribution < -0.4 is 16.8 Å². The van der Waals surface area contributed by atoms with Crippen molar-refractivity contribution in [3.63, 3.8) is 0 Å². The van der Waals surface area contributed by atoms with Gasteiger partial charge in [0.15, 0.2) is 9.84 Å². The Morgan fingerprint density at radius 3 is 2.61 bits per heavy atom. The molecule has 0 bridgehead atoms. The van der Waals surface area contributed by atoms with Crippen LogP contribution in [0.2, 0.25) is 0 Å². The second kappa shape index (κ2) is 4.34. The normalized spacial score (nSPS) is 20.8. The van der Waals surface area contributed by atoms with Crippen LogP contribution in [0.25, 0.3) is 0 Å². The summed E-state index contributed by atoms with van der Waals surface area (Å²) in [6, 6.07) is 4.29. The van der Waals surface area contributed by atoms with Gasteiger partial charge in [0.2, 0.25) is 5.91 Å². The highest BCUT2D eigenvalue weighted by atomic mass is 32.2. The van der Waals surface area contributed by atoms with Gasteiger partial charge in [-0.1, -0.05) is 6.08 Å². The van der Waals surface area contributed by atoms with Crippen molar-refractivity contribution in [2.45, 2.75) is 6.04 Å². The fraction of sp³-hybridized carbons (Fsp3) is 0.182. The van der Waals surface area contributed by atoms with Crippen LogP contribution in [0, 0.1) is 0 Å². The molecule has 0 aliphatic carbocycles. The van der Waals surface area contributed by atoms with Gasteiger partial charge in [0.1, 0.15) is 0 Å². The molecule has 1 aliphatic rings. The summed E-state index contributed by atoms with van der Waals surface area (Å²) in [5.41, 5.74) is 12.1. The quantitative estimate of drug-likeness (QED) is 0.671. The van der Waals surface area contributed by atoms with Crippen molar-refractivity contribution < 1.29 is 13.2 Å². The molecule has 1 atom stereocenters. The van der Waals surface area contributed by atoms with Crippen molar-refractivity contribution in [2.75, 3.05) is 16.8 Å². The predicted molar refractivity (Wildman–Crippen MR) is 69.7 cm³/mol. The molecule has 6 nitrogen and oxygen atoms in total. The van der Waals surface area contributed by atoms with E-state index in [1.807, 2.05) is 0 Å². The smallest absolute Gasteiger partial charge is 0.248 e. The van der Waals surface area contributed by atoms with Gasteiger partial charge in [-0.25, -0.2) is 8.42 Å². The molecule has 0 radical (unpaired) electrons. The number of hydrogen-bond donors (Lipinski definition) is 3. The van der Waals surface area contributed by atoms with E-state index in [-0.39, 0.29) is 11.8 Å². The Labute approximate surface area is 105 Å². The number of carbonyl (C=O) groups is 1. The van der Waals surface area contributed by atoms with Gasteiger partial charge in [-0.3, -0.25) is 4.79 Å². The number of carbonyl (C=O) groups excluding carboxylic acids is 1. The average Bonchev–Trinajstić information content (AvgIpc) is 2.61. The third kappa shape index (κ3) is 2.62. The number of anilines is 2. The largest absolute Gasteiger partial charge is 0.397 e. The van der Waals surface area contributed by atoms with Crippen LogP contribution in [0.5, 0.6) is 0 Å². The molecule has 5 N–H and O–H groups in total. The summed E-state index contributed by atoms with van der Waals surface area (Å²) in [6.45, 7) is 0. The van der Waals surface area contributed by atoms with E-state index in [0.717, 1.165) is 0 Å². The molecular formula is C11H13N3O3S. The number of nitrogens with one attached hydrogen (secondary N) is 1. The Bertz CT molecular complexity index is 622. The molecule has 0 saturated heterocycles. The molecule has 1 aromatic carbocycles. The van der Waals surface area contributed by atoms with Crippen LogP contribution in [0.15, 0.2) is 29.7 Å². The van der Waals surface area contributed by atoms with Crippen LogP contribution in [-0.4, -0.2) is 26.1 Å². The number of nitrogens with two attached hydrogens (primary N) is 2. The molecule has 1 unspecified atom stereocenters. The molecule has 1 aliphatic heterocycles. The Morgan fingerprint density at radius 1 is 1.39 bits per heavy atom. The monoisotopic (exact) mass is 267 g/mol. The predicted octanol–water partition coefficient (Wildman–Crippen LogP) is 0.0903. The minimum absolute atomic E-state index is 0.00398. The van der Waals surface area contributed by atoms with Crippen molar-refractivity contribution >= 4 is 27.1 Å². The van der Waals surface area contributed by atoms with Crippen LogP contribution >= 0.6 is 0 Å². The molecule has 1 aromatic rings. The Hall–Kier alpha value is -2.02. The SMILES string of the molecule is NC(=O)c1ccc(NC2C=CS(=O)(=O)C2)c(N)c1. The number of rotatable bonds is 3. The second-order valence-corrected chi connectivity index (χ2v) is 6.01. The molecule has 2 rings (SSSR count). The number of hydrogen-bond acceptors (Lipinski definition) is 5. The van der Waals surface area contributed by atoms with Gasteiger partial charge in [0.05, 0.1) is 23.2 Å². The molecule has 1 amide bonds. The number of sulfone groups is 1. The van der Waals surface area contributed by atoms with Gasteiger partial charge < -0.3 is 16.8 Å². The van der Waals surface area contributed by atoms with E-state index in [0.29, 0.717) is 16.9 Å². The molecule has 0 saturated carbocycles. The lowest BCUT2D eigenvalue weighted by atomic mass is 10.1. The van der Waals surface area contributed by atoms with Crippen molar-refractivity contribution in [1.82, 2.24) is 0 Å². The summed E-state index contributed by atoms with van der Waals surface area (Å²) in [6.07, 6.45) is 1.57. The van der Waals surface area contributed by atoms with E-state index in [1.165, 1.54) is 17.5 Å². The highest BCUT2D eigenvalue weighted by Crippen LogP contribution is 2.22. The van der Waals surface area contributed by atoms with Crippen LogP contribution in [0.3, 0.4) is 0 Å². The fourth-order valence-electron chi connectivity index (χ4n) is 1.71. The zero-order valence-electron chi connectivity index (χ0n) is 9.46. The molecule has 96 valence electrons. The minimum atomic E-state index is -3.11. The van der Waals surface area contributed by atoms with Gasteiger partial charge in [-0.2, -0.15) is 0 Å². The van der Waals surface area contributed by atoms with Crippen LogP contribution in [-0.2, 0) is 9.84 Å². The van der Waals surface area contributed by atoms with Gasteiger partial charge in [-0.05, 0) is 18.2 Å². The second-order valence-electron chi connectivity index (χ2n) is 4.08. The summed E-state index contributed by atoms with van der Waals surface area (Å²) >= 11 is 0. The van der Waals surface area contributed by atoms with Gasteiger partial charge in [0.25, 0.3) is 0 Å². The Kier molecular flexibility index (Phi) is 3.00. The van der Waals surface area contributed by atoms with Crippen LogP contribution in [0.4, 0.5) is 11.4 Å².